The highest BCUT2D eigenvalue weighted by molar-refractivity contribution is 8.26. The normalized spacial score (nSPS) is 21.4. The van der Waals surface area contributed by atoms with Crippen molar-refractivity contribution in [1.29, 1.82) is 0 Å². The van der Waals surface area contributed by atoms with E-state index in [1.165, 1.54) is 11.8 Å². The molecule has 1 fully saturated rings. The van der Waals surface area contributed by atoms with Crippen molar-refractivity contribution in [3.8, 4) is 0 Å². The molecule has 0 aromatic heterocycles. The van der Waals surface area contributed by atoms with E-state index in [4.69, 9.17) is 12.2 Å². The fraction of sp³-hybridized carbons (Fsp3) is 0.312. The van der Waals surface area contributed by atoms with Crippen LogP contribution in [0, 0.1) is 0 Å². The monoisotopic (exact) mass is 332 g/mol. The Bertz CT molecular complexity index is 725. The summed E-state index contributed by atoms with van der Waals surface area (Å²) in [5.41, 5.74) is 2.16. The van der Waals surface area contributed by atoms with E-state index < -0.39 is 0 Å². The van der Waals surface area contributed by atoms with E-state index >= 15 is 0 Å². The van der Waals surface area contributed by atoms with Crippen molar-refractivity contribution in [2.24, 2.45) is 0 Å². The van der Waals surface area contributed by atoms with Crippen LogP contribution in [0.4, 0.5) is 5.69 Å². The first kappa shape index (κ1) is 15.2. The molecule has 1 aromatic carbocycles. The van der Waals surface area contributed by atoms with Crippen LogP contribution >= 0.6 is 24.0 Å². The molecule has 0 spiro atoms. The van der Waals surface area contributed by atoms with Crippen molar-refractivity contribution in [3.05, 3.63) is 34.7 Å². The molecule has 0 saturated carbocycles. The molecule has 0 N–H and O–H groups in total. The average Bonchev–Trinajstić information content (AvgIpc) is 2.91. The summed E-state index contributed by atoms with van der Waals surface area (Å²) >= 11 is 6.54. The molecule has 0 radical (unpaired) electrons. The van der Waals surface area contributed by atoms with E-state index in [0.717, 1.165) is 11.3 Å². The van der Waals surface area contributed by atoms with Gasteiger partial charge >= 0.3 is 0 Å². The summed E-state index contributed by atoms with van der Waals surface area (Å²) in [6, 6.07) is 7.57. The van der Waals surface area contributed by atoms with Gasteiger partial charge < -0.3 is 4.90 Å². The molecule has 2 heterocycles. The number of anilines is 1. The summed E-state index contributed by atoms with van der Waals surface area (Å²) in [7, 11) is 0. The van der Waals surface area contributed by atoms with Crippen molar-refractivity contribution in [3.63, 3.8) is 0 Å². The number of rotatable bonds is 2. The highest BCUT2D eigenvalue weighted by Crippen LogP contribution is 2.44. The van der Waals surface area contributed by atoms with Crippen LogP contribution in [0.15, 0.2) is 29.2 Å². The Morgan fingerprint density at radius 2 is 1.86 bits per heavy atom. The van der Waals surface area contributed by atoms with Gasteiger partial charge in [0.1, 0.15) is 4.32 Å². The third-order valence-electron chi connectivity index (χ3n) is 3.78. The van der Waals surface area contributed by atoms with Gasteiger partial charge in [0.05, 0.1) is 16.2 Å². The molecule has 0 aliphatic carbocycles. The molecule has 6 heteroatoms. The maximum absolute atomic E-state index is 12.7. The molecule has 1 aromatic rings. The summed E-state index contributed by atoms with van der Waals surface area (Å²) in [6.07, 6.45) is 0. The molecule has 114 valence electrons. The number of carbonyl (C=O) groups is 2. The Morgan fingerprint density at radius 3 is 2.45 bits per heavy atom. The van der Waals surface area contributed by atoms with Crippen LogP contribution < -0.4 is 4.90 Å². The maximum atomic E-state index is 12.7. The van der Waals surface area contributed by atoms with Crippen LogP contribution in [0.1, 0.15) is 26.3 Å². The zero-order valence-corrected chi connectivity index (χ0v) is 14.3. The average molecular weight is 332 g/mol. The molecule has 0 unspecified atom stereocenters. The topological polar surface area (TPSA) is 40.6 Å². The number of nitrogens with zero attached hydrogens (tertiary/aromatic N) is 2. The molecule has 3 rings (SSSR count). The molecule has 0 atom stereocenters. The number of thiocarbonyl (C=S) groups is 1. The minimum absolute atomic E-state index is 0.0142. The van der Waals surface area contributed by atoms with Crippen molar-refractivity contribution < 1.29 is 9.59 Å². The van der Waals surface area contributed by atoms with Crippen LogP contribution in [-0.2, 0) is 9.59 Å². The van der Waals surface area contributed by atoms with Crippen molar-refractivity contribution in [2.45, 2.75) is 26.8 Å². The van der Waals surface area contributed by atoms with Gasteiger partial charge in [0.15, 0.2) is 0 Å². The Balaban J connectivity index is 2.18. The summed E-state index contributed by atoms with van der Waals surface area (Å²) < 4.78 is 0.516. The van der Waals surface area contributed by atoms with Crippen molar-refractivity contribution in [1.82, 2.24) is 4.90 Å². The van der Waals surface area contributed by atoms with Crippen molar-refractivity contribution >= 4 is 51.4 Å². The number of hydrogen-bond acceptors (Lipinski definition) is 4. The predicted molar refractivity (Wildman–Crippen MR) is 93.6 cm³/mol. The first-order valence-electron chi connectivity index (χ1n) is 7.18. The number of amides is 2. The Kier molecular flexibility index (Phi) is 3.82. The number of thioether (sulfide) groups is 1. The number of para-hydroxylation sites is 1. The van der Waals surface area contributed by atoms with E-state index in [2.05, 4.69) is 0 Å². The third-order valence-corrected chi connectivity index (χ3v) is 5.18. The summed E-state index contributed by atoms with van der Waals surface area (Å²) in [5.74, 6) is -0.283. The standard InChI is InChI=1S/C16H16N2O2S2/c1-4-17-11-8-6-5-7-10(11)12(14(17)19)13-15(20)18(9(2)3)16(21)22-13/h5-9H,4H2,1-3H3/b13-12+. The fourth-order valence-electron chi connectivity index (χ4n) is 2.79. The smallest absolute Gasteiger partial charge is 0.267 e. The SMILES string of the molecule is CCN1C(=O)/C(=C2/SC(=S)N(C(C)C)C2=O)c2ccccc21. The van der Waals surface area contributed by atoms with E-state index in [-0.39, 0.29) is 17.9 Å². The number of carbonyl (C=O) groups excluding carboxylic acids is 2. The molecule has 2 aliphatic rings. The quantitative estimate of drug-likeness (QED) is 0.616. The van der Waals surface area contributed by atoms with Gasteiger partial charge in [-0.3, -0.25) is 14.5 Å². The minimum Gasteiger partial charge on any atom is -0.308 e. The zero-order valence-electron chi connectivity index (χ0n) is 12.6. The highest BCUT2D eigenvalue weighted by atomic mass is 32.2. The number of fused-ring (bicyclic) bond motifs is 1. The van der Waals surface area contributed by atoms with Crippen LogP contribution in [0.2, 0.25) is 0 Å². The lowest BCUT2D eigenvalue weighted by Gasteiger charge is -2.18. The Labute approximate surface area is 139 Å². The van der Waals surface area contributed by atoms with E-state index in [9.17, 15) is 9.59 Å². The van der Waals surface area contributed by atoms with Gasteiger partial charge in [-0.15, -0.1) is 0 Å². The van der Waals surface area contributed by atoms with E-state index in [1.54, 1.807) is 9.80 Å². The van der Waals surface area contributed by atoms with Gasteiger partial charge in [-0.05, 0) is 26.8 Å². The summed E-state index contributed by atoms with van der Waals surface area (Å²) in [5, 5.41) is 0. The third kappa shape index (κ3) is 2.09. The number of likely N-dealkylation sites (N-methyl/N-ethyl adjacent to an activating group) is 1. The maximum Gasteiger partial charge on any atom is 0.267 e. The van der Waals surface area contributed by atoms with Gasteiger partial charge in [-0.25, -0.2) is 0 Å². The van der Waals surface area contributed by atoms with Crippen LogP contribution in [-0.4, -0.2) is 33.6 Å². The molecule has 4 nitrogen and oxygen atoms in total. The fourth-order valence-corrected chi connectivity index (χ4v) is 4.38. The Morgan fingerprint density at radius 1 is 1.18 bits per heavy atom. The van der Waals surface area contributed by atoms with Crippen LogP contribution in [0.3, 0.4) is 0 Å². The molecule has 2 aliphatic heterocycles. The molecular formula is C16H16N2O2S2. The molecule has 1 saturated heterocycles. The summed E-state index contributed by atoms with van der Waals surface area (Å²) in [6.45, 7) is 6.34. The number of hydrogen-bond donors (Lipinski definition) is 0. The van der Waals surface area contributed by atoms with Crippen LogP contribution in [0.25, 0.3) is 5.57 Å². The zero-order chi connectivity index (χ0) is 16.0. The van der Waals surface area contributed by atoms with Gasteiger partial charge in [-0.1, -0.05) is 42.2 Å². The van der Waals surface area contributed by atoms with Gasteiger partial charge in [0.2, 0.25) is 0 Å². The highest BCUT2D eigenvalue weighted by Gasteiger charge is 2.42. The number of benzene rings is 1. The second-order valence-electron chi connectivity index (χ2n) is 5.41. The summed E-state index contributed by atoms with van der Waals surface area (Å²) in [4.78, 5) is 29.2. The first-order chi connectivity index (χ1) is 10.5. The Hall–Kier alpha value is -1.66. The predicted octanol–water partition coefficient (Wildman–Crippen LogP) is 3.03. The minimum atomic E-state index is -0.166. The molecular weight excluding hydrogens is 316 g/mol. The van der Waals surface area contributed by atoms with Crippen molar-refractivity contribution in [2.75, 3.05) is 11.4 Å². The van der Waals surface area contributed by atoms with Crippen LogP contribution in [0.5, 0.6) is 0 Å². The molecule has 0 bridgehead atoms. The largest absolute Gasteiger partial charge is 0.308 e. The molecule has 2 amide bonds. The lowest BCUT2D eigenvalue weighted by Crippen LogP contribution is -2.35. The lowest BCUT2D eigenvalue weighted by molar-refractivity contribution is -0.123. The van der Waals surface area contributed by atoms with E-state index in [0.29, 0.717) is 21.3 Å². The van der Waals surface area contributed by atoms with Gasteiger partial charge in [0.25, 0.3) is 11.8 Å². The lowest BCUT2D eigenvalue weighted by atomic mass is 10.1. The first-order valence-corrected chi connectivity index (χ1v) is 8.40. The molecule has 22 heavy (non-hydrogen) atoms. The second-order valence-corrected chi connectivity index (χ2v) is 7.05. The van der Waals surface area contributed by atoms with Gasteiger partial charge in [-0.2, -0.15) is 0 Å². The second kappa shape index (κ2) is 5.52. The van der Waals surface area contributed by atoms with Gasteiger partial charge in [0, 0.05) is 18.2 Å². The van der Waals surface area contributed by atoms with E-state index in [1.807, 2.05) is 45.0 Å².